The summed E-state index contributed by atoms with van der Waals surface area (Å²) in [6.45, 7) is 13.5. The molecule has 7 nitrogen and oxygen atoms in total. The van der Waals surface area contributed by atoms with E-state index in [4.69, 9.17) is 0 Å². The molecule has 1 unspecified atom stereocenters. The second-order valence-electron chi connectivity index (χ2n) is 9.59. The van der Waals surface area contributed by atoms with E-state index < -0.39 is 5.09 Å². The van der Waals surface area contributed by atoms with E-state index in [9.17, 15) is 19.7 Å². The van der Waals surface area contributed by atoms with Crippen molar-refractivity contribution in [3.8, 4) is 0 Å². The number of nitrogens with zero attached hydrogens (tertiary/aromatic N) is 1. The molecule has 0 bridgehead atoms. The maximum absolute atomic E-state index is 11.7. The van der Waals surface area contributed by atoms with Gasteiger partial charge in [-0.25, -0.2) is 0 Å². The van der Waals surface area contributed by atoms with Crippen molar-refractivity contribution in [1.82, 2.24) is 5.32 Å². The minimum absolute atomic E-state index is 0.0983. The summed E-state index contributed by atoms with van der Waals surface area (Å²) in [4.78, 5) is 37.2. The highest BCUT2D eigenvalue weighted by atomic mass is 16.9. The summed E-state index contributed by atoms with van der Waals surface area (Å²) in [5.41, 5.74) is 0. The van der Waals surface area contributed by atoms with Crippen molar-refractivity contribution in [2.24, 2.45) is 5.92 Å². The Labute approximate surface area is 235 Å². The van der Waals surface area contributed by atoms with Crippen LogP contribution >= 0.6 is 0 Å². The van der Waals surface area contributed by atoms with E-state index in [0.29, 0.717) is 25.2 Å². The lowest BCUT2D eigenvalue weighted by Crippen LogP contribution is -2.23. The molecule has 0 saturated heterocycles. The van der Waals surface area contributed by atoms with Gasteiger partial charge in [-0.1, -0.05) is 105 Å². The van der Waals surface area contributed by atoms with Crippen LogP contribution in [-0.4, -0.2) is 29.9 Å². The van der Waals surface area contributed by atoms with Gasteiger partial charge in [0.1, 0.15) is 5.78 Å². The molecule has 0 aliphatic carbocycles. The van der Waals surface area contributed by atoms with E-state index in [1.807, 2.05) is 26.8 Å². The average Bonchev–Trinajstić information content (AvgIpc) is 2.91. The minimum atomic E-state index is -0.770. The van der Waals surface area contributed by atoms with Crippen LogP contribution in [0.1, 0.15) is 157 Å². The molecule has 0 aliphatic heterocycles. The van der Waals surface area contributed by atoms with E-state index in [-0.39, 0.29) is 12.5 Å². The molecule has 0 aromatic carbocycles. The number of nitrogens with one attached hydrogen (secondary N) is 1. The van der Waals surface area contributed by atoms with Crippen LogP contribution in [-0.2, 0) is 14.4 Å². The van der Waals surface area contributed by atoms with Crippen LogP contribution in [0.25, 0.3) is 0 Å². The van der Waals surface area contributed by atoms with Crippen molar-refractivity contribution >= 4 is 11.7 Å². The largest absolute Gasteiger partial charge is 0.356 e. The fourth-order valence-corrected chi connectivity index (χ4v) is 3.96. The van der Waals surface area contributed by atoms with E-state index in [2.05, 4.69) is 37.0 Å². The number of rotatable bonds is 24. The number of carbonyl (C=O) groups excluding carboxylic acids is 2. The first kappa shape index (κ1) is 40.6. The lowest BCUT2D eigenvalue weighted by atomic mass is 9.93. The minimum Gasteiger partial charge on any atom is -0.356 e. The number of hydrogen-bond acceptors (Lipinski definition) is 5. The number of hydrogen-bond donors (Lipinski definition) is 1. The molecule has 0 spiro atoms. The first-order chi connectivity index (χ1) is 18.4. The average molecular weight is 543 g/mol. The van der Waals surface area contributed by atoms with Crippen molar-refractivity contribution in [3.05, 3.63) is 22.3 Å². The van der Waals surface area contributed by atoms with Crippen LogP contribution in [0.3, 0.4) is 0 Å². The Morgan fingerprint density at radius 3 is 2.11 bits per heavy atom. The van der Waals surface area contributed by atoms with Gasteiger partial charge in [-0.15, -0.1) is 10.1 Å². The van der Waals surface area contributed by atoms with Gasteiger partial charge < -0.3 is 10.2 Å². The molecule has 1 N–H and O–H groups in total. The zero-order chi connectivity index (χ0) is 29.3. The van der Waals surface area contributed by atoms with Crippen LogP contribution in [0.2, 0.25) is 0 Å². The van der Waals surface area contributed by atoms with E-state index >= 15 is 0 Å². The monoisotopic (exact) mass is 542 g/mol. The Bertz CT molecular complexity index is 552. The molecule has 0 radical (unpaired) electrons. The van der Waals surface area contributed by atoms with Gasteiger partial charge in [0, 0.05) is 25.8 Å². The fourth-order valence-electron chi connectivity index (χ4n) is 3.96. The summed E-state index contributed by atoms with van der Waals surface area (Å²) >= 11 is 0. The molecule has 0 aromatic heterocycles. The zero-order valence-corrected chi connectivity index (χ0v) is 25.9. The van der Waals surface area contributed by atoms with Crippen molar-refractivity contribution in [2.75, 3.05) is 13.2 Å². The van der Waals surface area contributed by atoms with Gasteiger partial charge in [0.15, 0.2) is 0 Å². The Morgan fingerprint density at radius 1 is 0.842 bits per heavy atom. The van der Waals surface area contributed by atoms with Crippen molar-refractivity contribution in [2.45, 2.75) is 157 Å². The highest BCUT2D eigenvalue weighted by Crippen LogP contribution is 2.18. The Morgan fingerprint density at radius 2 is 1.50 bits per heavy atom. The Hall–Kier alpha value is -1.92. The van der Waals surface area contributed by atoms with Crippen LogP contribution in [0, 0.1) is 16.0 Å². The summed E-state index contributed by atoms with van der Waals surface area (Å²) in [6, 6.07) is 0. The van der Waals surface area contributed by atoms with E-state index in [1.165, 1.54) is 44.9 Å². The number of carbonyl (C=O) groups is 2. The standard InChI is InChI=1S/C16H32O.C13H24N2O4.C2H6/c1-4-7-8-9-10-12-16(17)14-13-15(6-3)11-5-2;1-2-3-4-7-10-13(16)14-11-8-5-6-9-12-19-15(17)18;1-2/h15H,4-14H2,1-3H3;2-3H,4-12H2,1H3,(H,14,16);1-2H3/b;3-2-;. The van der Waals surface area contributed by atoms with Gasteiger partial charge in [0.25, 0.3) is 5.09 Å². The van der Waals surface area contributed by atoms with Gasteiger partial charge in [-0.05, 0) is 51.4 Å². The topological polar surface area (TPSA) is 98.5 Å². The molecule has 38 heavy (non-hydrogen) atoms. The molecule has 0 saturated carbocycles. The number of Topliss-reactive ketones (excluding diaryl/α,β-unsaturated/α-hetero) is 1. The summed E-state index contributed by atoms with van der Waals surface area (Å²) < 4.78 is 0. The van der Waals surface area contributed by atoms with Gasteiger partial charge in [0.2, 0.25) is 5.91 Å². The summed E-state index contributed by atoms with van der Waals surface area (Å²) in [7, 11) is 0. The van der Waals surface area contributed by atoms with Gasteiger partial charge >= 0.3 is 0 Å². The molecular formula is C31H62N2O5. The molecule has 0 heterocycles. The molecule has 1 amide bonds. The smallest absolute Gasteiger partial charge is 0.294 e. The third-order valence-corrected chi connectivity index (χ3v) is 6.27. The lowest BCUT2D eigenvalue weighted by Gasteiger charge is -2.12. The van der Waals surface area contributed by atoms with Crippen molar-refractivity contribution in [1.29, 1.82) is 0 Å². The molecule has 7 heteroatoms. The van der Waals surface area contributed by atoms with Gasteiger partial charge in [-0.2, -0.15) is 0 Å². The number of allylic oxidation sites excluding steroid dienone is 2. The Balaban J connectivity index is -0.000000608. The molecule has 1 atom stereocenters. The van der Waals surface area contributed by atoms with E-state index in [1.54, 1.807) is 0 Å². The van der Waals surface area contributed by atoms with Crippen LogP contribution < -0.4 is 5.32 Å². The molecule has 0 aliphatic rings. The molecule has 0 fully saturated rings. The van der Waals surface area contributed by atoms with Gasteiger partial charge in [0.05, 0.1) is 6.61 Å². The van der Waals surface area contributed by atoms with Crippen LogP contribution in [0.4, 0.5) is 0 Å². The fraction of sp³-hybridized carbons (Fsp3) is 0.871. The second kappa shape index (κ2) is 35.1. The predicted molar refractivity (Wildman–Crippen MR) is 161 cm³/mol. The maximum Gasteiger partial charge on any atom is 0.294 e. The Kier molecular flexibility index (Phi) is 37.5. The van der Waals surface area contributed by atoms with Crippen LogP contribution in [0.15, 0.2) is 12.2 Å². The van der Waals surface area contributed by atoms with Crippen LogP contribution in [0.5, 0.6) is 0 Å². The molecule has 0 aromatic rings. The zero-order valence-electron chi connectivity index (χ0n) is 25.9. The lowest BCUT2D eigenvalue weighted by molar-refractivity contribution is -0.757. The summed E-state index contributed by atoms with van der Waals surface area (Å²) in [6.07, 6.45) is 22.7. The summed E-state index contributed by atoms with van der Waals surface area (Å²) in [5, 5.41) is 12.0. The highest BCUT2D eigenvalue weighted by molar-refractivity contribution is 5.78. The molecule has 0 rings (SSSR count). The molecular weight excluding hydrogens is 480 g/mol. The normalized spacial score (nSPS) is 11.1. The highest BCUT2D eigenvalue weighted by Gasteiger charge is 2.08. The second-order valence-corrected chi connectivity index (χ2v) is 9.59. The molecule has 226 valence electrons. The van der Waals surface area contributed by atoms with Crippen molar-refractivity contribution in [3.63, 3.8) is 0 Å². The maximum atomic E-state index is 11.7. The first-order valence-electron chi connectivity index (χ1n) is 15.6. The van der Waals surface area contributed by atoms with Gasteiger partial charge in [-0.3, -0.25) is 9.59 Å². The number of unbranched alkanes of at least 4 members (excludes halogenated alkanes) is 8. The quantitative estimate of drug-likeness (QED) is 0.0567. The summed E-state index contributed by atoms with van der Waals surface area (Å²) in [5.74, 6) is 1.38. The third-order valence-electron chi connectivity index (χ3n) is 6.27. The number of amides is 1. The number of ketones is 1. The SMILES string of the molecule is C/C=C\CCCC(=O)NCCCCCCO[N+](=O)[O-].CC.CCCCCCCC(=O)CCC(CC)CCC. The van der Waals surface area contributed by atoms with Crippen molar-refractivity contribution < 1.29 is 19.5 Å². The first-order valence-corrected chi connectivity index (χ1v) is 15.6. The third kappa shape index (κ3) is 36.2. The van der Waals surface area contributed by atoms with E-state index in [0.717, 1.165) is 63.7 Å². The predicted octanol–water partition coefficient (Wildman–Crippen LogP) is 9.17.